The largest absolute Gasteiger partial charge is 0.388 e. The molecule has 3 N–H and O–H groups in total. The molecule has 1 fully saturated rings. The lowest BCUT2D eigenvalue weighted by atomic mass is 9.91. The van der Waals surface area contributed by atoms with Crippen LogP contribution in [0, 0.1) is 5.82 Å². The Balaban J connectivity index is 1.14. The molecule has 0 radical (unpaired) electrons. The van der Waals surface area contributed by atoms with E-state index < -0.39 is 5.60 Å². The zero-order valence-electron chi connectivity index (χ0n) is 22.0. The third-order valence-corrected chi connectivity index (χ3v) is 8.30. The van der Waals surface area contributed by atoms with Crippen molar-refractivity contribution in [1.82, 2.24) is 33.6 Å². The molecule has 6 rings (SSSR count). The molecule has 0 atom stereocenters. The number of benzene rings is 2. The standard InChI is InChI=1S/C28H29FN8O2S/c1-35-25(19-4-2-18(13-30)3-5-19)23-24(34-35)27(38)37(17-32-23)15-28(39)8-10-36(11-9-28)14-21-7-6-20(12-22(21)29)26-31-16-33-40-26/h2-7,12,16-17,39H,8-11,13-15,30H2,1H3. The molecule has 10 nitrogen and oxygen atoms in total. The molecule has 12 heteroatoms. The van der Waals surface area contributed by atoms with Crippen LogP contribution >= 0.6 is 11.5 Å². The minimum atomic E-state index is -1.08. The summed E-state index contributed by atoms with van der Waals surface area (Å²) in [5.74, 6) is -0.287. The van der Waals surface area contributed by atoms with Crippen molar-refractivity contribution in [3.8, 4) is 21.8 Å². The van der Waals surface area contributed by atoms with Gasteiger partial charge in [0, 0.05) is 49.9 Å². The maximum absolute atomic E-state index is 14.8. The number of rotatable bonds is 7. The highest BCUT2D eigenvalue weighted by Crippen LogP contribution is 2.29. The molecule has 3 aromatic heterocycles. The normalized spacial score (nSPS) is 15.6. The fourth-order valence-corrected chi connectivity index (χ4v) is 5.80. The van der Waals surface area contributed by atoms with E-state index in [4.69, 9.17) is 5.73 Å². The lowest BCUT2D eigenvalue weighted by molar-refractivity contribution is -0.0366. The van der Waals surface area contributed by atoms with E-state index in [1.165, 1.54) is 34.8 Å². The summed E-state index contributed by atoms with van der Waals surface area (Å²) in [5, 5.41) is 16.5. The number of hydrogen-bond donors (Lipinski definition) is 2. The number of aryl methyl sites for hydroxylation is 1. The van der Waals surface area contributed by atoms with Crippen LogP contribution < -0.4 is 11.3 Å². The number of nitrogens with zero attached hydrogens (tertiary/aromatic N) is 7. The summed E-state index contributed by atoms with van der Waals surface area (Å²) >= 11 is 1.23. The minimum absolute atomic E-state index is 0.116. The molecule has 0 unspecified atom stereocenters. The first-order valence-electron chi connectivity index (χ1n) is 13.1. The van der Waals surface area contributed by atoms with Gasteiger partial charge in [-0.3, -0.25) is 18.9 Å². The van der Waals surface area contributed by atoms with Gasteiger partial charge in [-0.25, -0.2) is 14.4 Å². The van der Waals surface area contributed by atoms with Gasteiger partial charge in [0.15, 0.2) is 5.52 Å². The predicted octanol–water partition coefficient (Wildman–Crippen LogP) is 2.94. The van der Waals surface area contributed by atoms with Crippen LogP contribution in [0.2, 0.25) is 0 Å². The molecule has 1 saturated heterocycles. The Morgan fingerprint density at radius 2 is 1.82 bits per heavy atom. The predicted molar refractivity (Wildman–Crippen MR) is 151 cm³/mol. The second kappa shape index (κ2) is 10.6. The molecule has 0 bridgehead atoms. The van der Waals surface area contributed by atoms with Crippen LogP contribution in [0.3, 0.4) is 0 Å². The number of piperidine rings is 1. The average Bonchev–Trinajstić information content (AvgIpc) is 3.61. The molecule has 206 valence electrons. The summed E-state index contributed by atoms with van der Waals surface area (Å²) in [6.45, 7) is 2.15. The van der Waals surface area contributed by atoms with Crippen molar-refractivity contribution in [2.45, 2.75) is 38.1 Å². The summed E-state index contributed by atoms with van der Waals surface area (Å²) in [6, 6.07) is 12.9. The van der Waals surface area contributed by atoms with Crippen molar-refractivity contribution >= 4 is 22.6 Å². The van der Waals surface area contributed by atoms with E-state index in [0.717, 1.165) is 16.8 Å². The smallest absolute Gasteiger partial charge is 0.281 e. The van der Waals surface area contributed by atoms with Gasteiger partial charge in [-0.1, -0.05) is 36.4 Å². The van der Waals surface area contributed by atoms with Gasteiger partial charge in [0.2, 0.25) is 0 Å². The third kappa shape index (κ3) is 5.06. The van der Waals surface area contributed by atoms with Crippen LogP contribution in [0.5, 0.6) is 0 Å². The van der Waals surface area contributed by atoms with Gasteiger partial charge < -0.3 is 10.8 Å². The van der Waals surface area contributed by atoms with Crippen LogP contribution in [0.25, 0.3) is 32.9 Å². The molecule has 4 heterocycles. The number of halogens is 1. The molecule has 2 aromatic carbocycles. The molecule has 0 saturated carbocycles. The monoisotopic (exact) mass is 560 g/mol. The van der Waals surface area contributed by atoms with E-state index in [1.807, 2.05) is 30.3 Å². The second-order valence-electron chi connectivity index (χ2n) is 10.3. The Kier molecular flexibility index (Phi) is 7.00. The van der Waals surface area contributed by atoms with Crippen LogP contribution in [-0.4, -0.2) is 57.4 Å². The van der Waals surface area contributed by atoms with Gasteiger partial charge in [-0.2, -0.15) is 9.47 Å². The quantitative estimate of drug-likeness (QED) is 0.311. The highest BCUT2D eigenvalue weighted by molar-refractivity contribution is 7.09. The number of aromatic nitrogens is 6. The molecule has 1 aliphatic heterocycles. The summed E-state index contributed by atoms with van der Waals surface area (Å²) in [7, 11) is 1.79. The first kappa shape index (κ1) is 26.4. The minimum Gasteiger partial charge on any atom is -0.388 e. The number of fused-ring (bicyclic) bond motifs is 1. The van der Waals surface area contributed by atoms with Gasteiger partial charge in [-0.05, 0) is 36.0 Å². The van der Waals surface area contributed by atoms with Crippen LogP contribution in [-0.2, 0) is 26.7 Å². The van der Waals surface area contributed by atoms with Crippen molar-refractivity contribution in [1.29, 1.82) is 0 Å². The molecule has 0 aliphatic carbocycles. The summed E-state index contributed by atoms with van der Waals surface area (Å²) in [4.78, 5) is 24.2. The summed E-state index contributed by atoms with van der Waals surface area (Å²) < 4.78 is 21.9. The molecule has 1 aliphatic rings. The second-order valence-corrected chi connectivity index (χ2v) is 11.1. The van der Waals surface area contributed by atoms with Gasteiger partial charge in [0.05, 0.1) is 24.2 Å². The highest BCUT2D eigenvalue weighted by atomic mass is 32.1. The zero-order valence-corrected chi connectivity index (χ0v) is 22.8. The molecular weight excluding hydrogens is 531 g/mol. The number of hydrogen-bond acceptors (Lipinski definition) is 9. The zero-order chi connectivity index (χ0) is 27.9. The van der Waals surface area contributed by atoms with Crippen molar-refractivity contribution in [3.05, 3.63) is 82.4 Å². The maximum atomic E-state index is 14.8. The SMILES string of the molecule is Cn1nc2c(=O)n(CC3(O)CCN(Cc4ccc(-c5ncns5)cc4F)CC3)cnc2c1-c1ccc(CN)cc1. The summed E-state index contributed by atoms with van der Waals surface area (Å²) in [6.07, 6.45) is 3.84. The maximum Gasteiger partial charge on any atom is 0.281 e. The Labute approximate surface area is 233 Å². The molecule has 40 heavy (non-hydrogen) atoms. The van der Waals surface area contributed by atoms with Crippen LogP contribution in [0.15, 0.2) is 59.9 Å². The Morgan fingerprint density at radius 3 is 2.50 bits per heavy atom. The van der Waals surface area contributed by atoms with E-state index in [-0.39, 0.29) is 23.4 Å². The van der Waals surface area contributed by atoms with E-state index >= 15 is 0 Å². The molecule has 0 spiro atoms. The first-order valence-corrected chi connectivity index (χ1v) is 13.8. The van der Waals surface area contributed by atoms with Crippen molar-refractivity contribution < 1.29 is 9.50 Å². The van der Waals surface area contributed by atoms with Gasteiger partial charge >= 0.3 is 0 Å². The summed E-state index contributed by atoms with van der Waals surface area (Å²) in [5.41, 5.74) is 9.07. The van der Waals surface area contributed by atoms with Crippen molar-refractivity contribution in [3.63, 3.8) is 0 Å². The van der Waals surface area contributed by atoms with Gasteiger partial charge in [0.1, 0.15) is 22.7 Å². The van der Waals surface area contributed by atoms with E-state index in [2.05, 4.69) is 24.3 Å². The molecule has 5 aromatic rings. The highest BCUT2D eigenvalue weighted by Gasteiger charge is 2.33. The van der Waals surface area contributed by atoms with Crippen molar-refractivity contribution in [2.24, 2.45) is 12.8 Å². The Morgan fingerprint density at radius 1 is 1.07 bits per heavy atom. The fraction of sp³-hybridized carbons (Fsp3) is 0.321. The van der Waals surface area contributed by atoms with E-state index in [9.17, 15) is 14.3 Å². The van der Waals surface area contributed by atoms with Gasteiger partial charge in [0.25, 0.3) is 5.56 Å². The third-order valence-electron chi connectivity index (χ3n) is 7.58. The van der Waals surface area contributed by atoms with Gasteiger partial charge in [-0.15, -0.1) is 0 Å². The number of aliphatic hydroxyl groups is 1. The van der Waals surface area contributed by atoms with Crippen molar-refractivity contribution in [2.75, 3.05) is 13.1 Å². The molecular formula is C28H29FN8O2S. The van der Waals surface area contributed by atoms with E-state index in [1.54, 1.807) is 17.8 Å². The topological polar surface area (TPSA) is 128 Å². The number of likely N-dealkylation sites (tertiary alicyclic amines) is 1. The fourth-order valence-electron chi connectivity index (χ4n) is 5.28. The van der Waals surface area contributed by atoms with Crippen LogP contribution in [0.1, 0.15) is 24.0 Å². The lowest BCUT2D eigenvalue weighted by Crippen LogP contribution is -2.47. The molecule has 0 amide bonds. The van der Waals surface area contributed by atoms with E-state index in [0.29, 0.717) is 60.7 Å². The Hall–Kier alpha value is -3.84. The Bertz CT molecular complexity index is 1710. The first-order chi connectivity index (χ1) is 19.3. The van der Waals surface area contributed by atoms with Crippen LogP contribution in [0.4, 0.5) is 4.39 Å². The lowest BCUT2D eigenvalue weighted by Gasteiger charge is -2.38. The average molecular weight is 561 g/mol. The number of nitrogens with two attached hydrogens (primary N) is 1.